The summed E-state index contributed by atoms with van der Waals surface area (Å²) < 4.78 is 0.884. The molecule has 1 fully saturated rings. The largest absolute Gasteiger partial charge is 0.347 e. The van der Waals surface area contributed by atoms with Crippen LogP contribution in [-0.4, -0.2) is 17.1 Å². The summed E-state index contributed by atoms with van der Waals surface area (Å²) in [5.74, 6) is -0.603. The number of thioether (sulfide) groups is 1. The average Bonchev–Trinajstić information content (AvgIpc) is 3.04. The monoisotopic (exact) mass is 455 g/mol. The Morgan fingerprint density at radius 1 is 1.21 bits per heavy atom. The summed E-state index contributed by atoms with van der Waals surface area (Å²) in [6.45, 7) is 2.23. The number of hydrogen-bond donors (Lipinski definition) is 1. The van der Waals surface area contributed by atoms with Crippen molar-refractivity contribution in [2.24, 2.45) is 0 Å². The standard InChI is InChI=1S/C21H18BrN3O2S/c1-2-18-20(27)25(16-10-8-15(22)9-11-16)21(28-18)17(12-23)19(26)24-13-14-6-4-3-5-7-14/h3-11,18H,2,13H2,1H3,(H,24,26)/b21-17-/t18-/m1/s1. The van der Waals surface area contributed by atoms with Crippen LogP contribution >= 0.6 is 27.7 Å². The zero-order valence-electron chi connectivity index (χ0n) is 15.2. The number of nitriles is 1. The molecule has 0 aromatic heterocycles. The lowest BCUT2D eigenvalue weighted by Gasteiger charge is -2.18. The van der Waals surface area contributed by atoms with E-state index in [9.17, 15) is 14.9 Å². The van der Waals surface area contributed by atoms with Gasteiger partial charge in [0.05, 0.1) is 5.25 Å². The minimum absolute atomic E-state index is 0.0480. The molecule has 7 heteroatoms. The van der Waals surface area contributed by atoms with E-state index in [1.165, 1.54) is 16.7 Å². The Morgan fingerprint density at radius 2 is 1.89 bits per heavy atom. The maximum atomic E-state index is 12.9. The van der Waals surface area contributed by atoms with Crippen molar-refractivity contribution in [3.05, 3.63) is 75.2 Å². The van der Waals surface area contributed by atoms with Crippen LogP contribution in [0, 0.1) is 11.3 Å². The van der Waals surface area contributed by atoms with E-state index in [1.807, 2.05) is 55.5 Å². The number of nitrogens with zero attached hydrogens (tertiary/aromatic N) is 2. The fraction of sp³-hybridized carbons (Fsp3) is 0.190. The molecule has 142 valence electrons. The van der Waals surface area contributed by atoms with Gasteiger partial charge in [-0.1, -0.05) is 64.9 Å². The van der Waals surface area contributed by atoms with Gasteiger partial charge in [-0.2, -0.15) is 5.26 Å². The maximum absolute atomic E-state index is 12.9. The van der Waals surface area contributed by atoms with E-state index in [1.54, 1.807) is 12.1 Å². The van der Waals surface area contributed by atoms with Crippen molar-refractivity contribution >= 4 is 45.2 Å². The maximum Gasteiger partial charge on any atom is 0.264 e. The van der Waals surface area contributed by atoms with E-state index in [-0.39, 0.29) is 16.7 Å². The molecule has 5 nitrogen and oxygen atoms in total. The molecule has 28 heavy (non-hydrogen) atoms. The molecule has 0 spiro atoms. The Labute approximate surface area is 176 Å². The molecule has 2 amide bonds. The number of anilines is 1. The van der Waals surface area contributed by atoms with E-state index in [0.29, 0.717) is 23.7 Å². The molecule has 2 aromatic carbocycles. The Kier molecular flexibility index (Phi) is 6.55. The fourth-order valence-electron chi connectivity index (χ4n) is 2.81. The van der Waals surface area contributed by atoms with Crippen molar-refractivity contribution in [3.63, 3.8) is 0 Å². The molecule has 1 saturated heterocycles. The highest BCUT2D eigenvalue weighted by atomic mass is 79.9. The number of carbonyl (C=O) groups excluding carboxylic acids is 2. The highest BCUT2D eigenvalue weighted by Crippen LogP contribution is 2.41. The van der Waals surface area contributed by atoms with Crippen LogP contribution in [0.4, 0.5) is 5.69 Å². The number of benzene rings is 2. The summed E-state index contributed by atoms with van der Waals surface area (Å²) in [6.07, 6.45) is 0.615. The van der Waals surface area contributed by atoms with E-state index < -0.39 is 5.91 Å². The highest BCUT2D eigenvalue weighted by molar-refractivity contribution is 9.10. The van der Waals surface area contributed by atoms with Gasteiger partial charge in [0.2, 0.25) is 5.91 Å². The van der Waals surface area contributed by atoms with E-state index in [0.717, 1.165) is 10.0 Å². The van der Waals surface area contributed by atoms with E-state index in [4.69, 9.17) is 0 Å². The molecule has 0 unspecified atom stereocenters. The fourth-order valence-corrected chi connectivity index (χ4v) is 4.27. The second-order valence-corrected chi connectivity index (χ2v) is 8.23. The first-order valence-electron chi connectivity index (χ1n) is 8.77. The van der Waals surface area contributed by atoms with Crippen molar-refractivity contribution in [2.45, 2.75) is 25.1 Å². The molecule has 0 aliphatic carbocycles. The zero-order chi connectivity index (χ0) is 20.1. The van der Waals surface area contributed by atoms with Gasteiger partial charge in [0.25, 0.3) is 5.91 Å². The van der Waals surface area contributed by atoms with Crippen molar-refractivity contribution in [1.82, 2.24) is 5.32 Å². The number of amides is 2. The van der Waals surface area contributed by atoms with Gasteiger partial charge >= 0.3 is 0 Å². The van der Waals surface area contributed by atoms with Crippen molar-refractivity contribution in [3.8, 4) is 6.07 Å². The Balaban J connectivity index is 1.93. The van der Waals surface area contributed by atoms with Crippen molar-refractivity contribution in [2.75, 3.05) is 4.90 Å². The minimum atomic E-state index is -0.486. The lowest BCUT2D eigenvalue weighted by molar-refractivity contribution is -0.117. The first-order chi connectivity index (χ1) is 13.5. The number of carbonyl (C=O) groups is 2. The van der Waals surface area contributed by atoms with Gasteiger partial charge < -0.3 is 5.32 Å². The average molecular weight is 456 g/mol. The number of halogens is 1. The summed E-state index contributed by atoms with van der Waals surface area (Å²) in [5.41, 5.74) is 1.52. The van der Waals surface area contributed by atoms with Crippen LogP contribution in [0.25, 0.3) is 0 Å². The topological polar surface area (TPSA) is 73.2 Å². The van der Waals surface area contributed by atoms with Crippen molar-refractivity contribution < 1.29 is 9.59 Å². The van der Waals surface area contributed by atoms with Crippen LogP contribution in [0.2, 0.25) is 0 Å². The molecule has 1 heterocycles. The lowest BCUT2D eigenvalue weighted by Crippen LogP contribution is -2.31. The summed E-state index contributed by atoms with van der Waals surface area (Å²) in [5, 5.41) is 12.5. The van der Waals surface area contributed by atoms with Crippen LogP contribution in [0.3, 0.4) is 0 Å². The molecule has 3 rings (SSSR count). The summed E-state index contributed by atoms with van der Waals surface area (Å²) >= 11 is 4.65. The molecule has 1 aliphatic rings. The predicted molar refractivity (Wildman–Crippen MR) is 114 cm³/mol. The first kappa shape index (κ1) is 20.2. The van der Waals surface area contributed by atoms with Crippen LogP contribution in [0.1, 0.15) is 18.9 Å². The molecule has 0 bridgehead atoms. The minimum Gasteiger partial charge on any atom is -0.347 e. The predicted octanol–water partition coefficient (Wildman–Crippen LogP) is 4.36. The molecule has 2 aromatic rings. The first-order valence-corrected chi connectivity index (χ1v) is 10.4. The van der Waals surface area contributed by atoms with Crippen molar-refractivity contribution in [1.29, 1.82) is 5.26 Å². The van der Waals surface area contributed by atoms with Crippen LogP contribution in [0.5, 0.6) is 0 Å². The Hall–Kier alpha value is -2.56. The summed E-state index contributed by atoms with van der Waals surface area (Å²) in [7, 11) is 0. The summed E-state index contributed by atoms with van der Waals surface area (Å²) in [6, 6.07) is 18.7. The van der Waals surface area contributed by atoms with Gasteiger partial charge in [-0.05, 0) is 36.2 Å². The lowest BCUT2D eigenvalue weighted by atomic mass is 10.2. The smallest absolute Gasteiger partial charge is 0.264 e. The van der Waals surface area contributed by atoms with Gasteiger partial charge in [0.1, 0.15) is 16.7 Å². The van der Waals surface area contributed by atoms with Gasteiger partial charge in [-0.3, -0.25) is 14.5 Å². The van der Waals surface area contributed by atoms with Crippen LogP contribution < -0.4 is 10.2 Å². The quantitative estimate of drug-likeness (QED) is 0.536. The molecular formula is C21H18BrN3O2S. The third-order valence-electron chi connectivity index (χ3n) is 4.26. The highest BCUT2D eigenvalue weighted by Gasteiger charge is 2.39. The van der Waals surface area contributed by atoms with Crippen LogP contribution in [0.15, 0.2) is 69.7 Å². The van der Waals surface area contributed by atoms with Crippen LogP contribution in [-0.2, 0) is 16.1 Å². The number of hydrogen-bond acceptors (Lipinski definition) is 4. The number of rotatable bonds is 5. The molecule has 1 N–H and O–H groups in total. The van der Waals surface area contributed by atoms with Gasteiger partial charge in [-0.25, -0.2) is 0 Å². The second kappa shape index (κ2) is 9.09. The molecule has 1 aliphatic heterocycles. The summed E-state index contributed by atoms with van der Waals surface area (Å²) in [4.78, 5) is 27.1. The van der Waals surface area contributed by atoms with E-state index >= 15 is 0 Å². The third kappa shape index (κ3) is 4.29. The molecule has 0 radical (unpaired) electrons. The Bertz CT molecular complexity index is 952. The van der Waals surface area contributed by atoms with Gasteiger partial charge in [0, 0.05) is 16.7 Å². The molecule has 0 saturated carbocycles. The SMILES string of the molecule is CC[C@H]1S/C(=C(/C#N)C(=O)NCc2ccccc2)N(c2ccc(Br)cc2)C1=O. The normalized spacial score (nSPS) is 18.0. The van der Waals surface area contributed by atoms with Gasteiger partial charge in [0.15, 0.2) is 0 Å². The zero-order valence-corrected chi connectivity index (χ0v) is 17.6. The number of nitrogens with one attached hydrogen (secondary N) is 1. The van der Waals surface area contributed by atoms with E-state index in [2.05, 4.69) is 21.2 Å². The van der Waals surface area contributed by atoms with Gasteiger partial charge in [-0.15, -0.1) is 0 Å². The third-order valence-corrected chi connectivity index (χ3v) is 6.22. The molecular weight excluding hydrogens is 438 g/mol. The molecule has 1 atom stereocenters. The Morgan fingerprint density at radius 3 is 2.50 bits per heavy atom. The second-order valence-electron chi connectivity index (χ2n) is 6.13.